The lowest BCUT2D eigenvalue weighted by Gasteiger charge is -2.27. The second-order valence-electron chi connectivity index (χ2n) is 4.09. The molecule has 1 aromatic rings. The van der Waals surface area contributed by atoms with Crippen LogP contribution in [-0.4, -0.2) is 33.6 Å². The Morgan fingerprint density at radius 2 is 2.28 bits per heavy atom. The van der Waals surface area contributed by atoms with E-state index in [0.717, 1.165) is 6.42 Å². The molecule has 0 saturated carbocycles. The molecule has 1 heterocycles. The van der Waals surface area contributed by atoms with Crippen LogP contribution in [0.2, 0.25) is 0 Å². The molecule has 0 fully saturated rings. The Morgan fingerprint density at radius 1 is 1.61 bits per heavy atom. The molecule has 1 aromatic heterocycles. The third kappa shape index (κ3) is 3.42. The number of anilines is 1. The molecule has 0 aliphatic carbocycles. The Labute approximate surface area is 106 Å². The molecule has 0 spiro atoms. The number of carboxylic acid groups (broad SMARTS) is 1. The van der Waals surface area contributed by atoms with Crippen molar-refractivity contribution in [2.24, 2.45) is 0 Å². The molecule has 18 heavy (non-hydrogen) atoms. The predicted molar refractivity (Wildman–Crippen MR) is 66.2 cm³/mol. The lowest BCUT2D eigenvalue weighted by molar-refractivity contribution is -0.135. The van der Waals surface area contributed by atoms with Crippen molar-refractivity contribution in [2.75, 3.05) is 11.4 Å². The SMILES string of the molecule is CCC(C)N(CC(=O)O)c1nc(C)cc(C#N)n1. The standard InChI is InChI=1S/C12H16N4O2/c1-4-9(3)16(7-11(17)18)12-14-8(2)5-10(6-13)15-12/h5,9H,4,7H2,1-3H3,(H,17,18). The highest BCUT2D eigenvalue weighted by molar-refractivity contribution is 5.72. The predicted octanol–water partition coefficient (Wildman–Crippen LogP) is 1.35. The molecule has 96 valence electrons. The minimum Gasteiger partial charge on any atom is -0.480 e. The van der Waals surface area contributed by atoms with Crippen LogP contribution in [0.15, 0.2) is 6.07 Å². The smallest absolute Gasteiger partial charge is 0.323 e. The summed E-state index contributed by atoms with van der Waals surface area (Å²) in [4.78, 5) is 20.7. The fraction of sp³-hybridized carbons (Fsp3) is 0.500. The first kappa shape index (κ1) is 13.9. The van der Waals surface area contributed by atoms with E-state index in [-0.39, 0.29) is 18.3 Å². The van der Waals surface area contributed by atoms with Crippen LogP contribution in [0.1, 0.15) is 31.7 Å². The maximum Gasteiger partial charge on any atom is 0.323 e. The highest BCUT2D eigenvalue weighted by Crippen LogP contribution is 2.14. The molecule has 0 aliphatic rings. The molecule has 1 N–H and O–H groups in total. The number of rotatable bonds is 5. The highest BCUT2D eigenvalue weighted by Gasteiger charge is 2.19. The summed E-state index contributed by atoms with van der Waals surface area (Å²) in [7, 11) is 0. The Kier molecular flexibility index (Phi) is 4.60. The van der Waals surface area contributed by atoms with Gasteiger partial charge in [0.1, 0.15) is 18.3 Å². The van der Waals surface area contributed by atoms with Gasteiger partial charge in [0.25, 0.3) is 0 Å². The summed E-state index contributed by atoms with van der Waals surface area (Å²) >= 11 is 0. The number of aliphatic carboxylic acids is 1. The molecule has 0 aliphatic heterocycles. The number of nitriles is 1. The van der Waals surface area contributed by atoms with Gasteiger partial charge in [-0.05, 0) is 26.3 Å². The average molecular weight is 248 g/mol. The third-order valence-electron chi connectivity index (χ3n) is 2.64. The average Bonchev–Trinajstić information content (AvgIpc) is 2.33. The number of hydrogen-bond acceptors (Lipinski definition) is 5. The van der Waals surface area contributed by atoms with Crippen molar-refractivity contribution in [3.8, 4) is 6.07 Å². The van der Waals surface area contributed by atoms with Crippen LogP contribution in [0.4, 0.5) is 5.95 Å². The Morgan fingerprint density at radius 3 is 2.78 bits per heavy atom. The second-order valence-corrected chi connectivity index (χ2v) is 4.09. The van der Waals surface area contributed by atoms with E-state index in [2.05, 4.69) is 9.97 Å². The van der Waals surface area contributed by atoms with Crippen molar-refractivity contribution in [3.05, 3.63) is 17.5 Å². The maximum absolute atomic E-state index is 10.9. The summed E-state index contributed by atoms with van der Waals surface area (Å²) in [6.45, 7) is 5.44. The van der Waals surface area contributed by atoms with Crippen LogP contribution in [0.3, 0.4) is 0 Å². The fourth-order valence-electron chi connectivity index (χ4n) is 1.53. The molecule has 0 aromatic carbocycles. The molecular weight excluding hydrogens is 232 g/mol. The van der Waals surface area contributed by atoms with E-state index in [0.29, 0.717) is 11.6 Å². The van der Waals surface area contributed by atoms with Crippen LogP contribution in [0.5, 0.6) is 0 Å². The van der Waals surface area contributed by atoms with E-state index in [4.69, 9.17) is 10.4 Å². The fourth-order valence-corrected chi connectivity index (χ4v) is 1.53. The quantitative estimate of drug-likeness (QED) is 0.845. The normalized spacial score (nSPS) is 11.7. The number of nitrogens with zero attached hydrogens (tertiary/aromatic N) is 4. The number of hydrogen-bond donors (Lipinski definition) is 1. The van der Waals surface area contributed by atoms with Gasteiger partial charge < -0.3 is 10.0 Å². The van der Waals surface area contributed by atoms with E-state index >= 15 is 0 Å². The zero-order chi connectivity index (χ0) is 13.7. The Balaban J connectivity index is 3.16. The first-order chi connectivity index (χ1) is 8.47. The van der Waals surface area contributed by atoms with Crippen molar-refractivity contribution in [2.45, 2.75) is 33.2 Å². The van der Waals surface area contributed by atoms with E-state index in [1.165, 1.54) is 0 Å². The van der Waals surface area contributed by atoms with E-state index in [9.17, 15) is 4.79 Å². The minimum absolute atomic E-state index is 0.00515. The molecule has 0 saturated heterocycles. The number of aryl methyl sites for hydroxylation is 1. The van der Waals surface area contributed by atoms with Crippen LogP contribution >= 0.6 is 0 Å². The highest BCUT2D eigenvalue weighted by atomic mass is 16.4. The summed E-state index contributed by atoms with van der Waals surface area (Å²) in [6, 6.07) is 3.51. The molecule has 0 amide bonds. The first-order valence-corrected chi connectivity index (χ1v) is 5.72. The molecule has 1 unspecified atom stereocenters. The van der Waals surface area contributed by atoms with E-state index < -0.39 is 5.97 Å². The summed E-state index contributed by atoms with van der Waals surface area (Å²) in [5.41, 5.74) is 0.895. The lowest BCUT2D eigenvalue weighted by atomic mass is 10.2. The summed E-state index contributed by atoms with van der Waals surface area (Å²) < 4.78 is 0. The second kappa shape index (κ2) is 5.96. The monoisotopic (exact) mass is 248 g/mol. The van der Waals surface area contributed by atoms with Crippen molar-refractivity contribution in [3.63, 3.8) is 0 Å². The van der Waals surface area contributed by atoms with Crippen molar-refractivity contribution < 1.29 is 9.90 Å². The summed E-state index contributed by atoms with van der Waals surface area (Å²) in [5.74, 6) is -0.651. The van der Waals surface area contributed by atoms with Gasteiger partial charge in [-0.15, -0.1) is 0 Å². The number of carboxylic acids is 1. The van der Waals surface area contributed by atoms with Crippen LogP contribution in [-0.2, 0) is 4.79 Å². The van der Waals surface area contributed by atoms with Crippen LogP contribution in [0, 0.1) is 18.3 Å². The molecule has 0 bridgehead atoms. The molecule has 6 nitrogen and oxygen atoms in total. The van der Waals surface area contributed by atoms with Gasteiger partial charge in [0.05, 0.1) is 0 Å². The van der Waals surface area contributed by atoms with Gasteiger partial charge >= 0.3 is 5.97 Å². The Bertz CT molecular complexity index is 481. The zero-order valence-corrected chi connectivity index (χ0v) is 10.7. The summed E-state index contributed by atoms with van der Waals surface area (Å²) in [6.07, 6.45) is 0.770. The maximum atomic E-state index is 10.9. The molecular formula is C12H16N4O2. The van der Waals surface area contributed by atoms with Gasteiger partial charge in [-0.2, -0.15) is 5.26 Å². The van der Waals surface area contributed by atoms with Crippen molar-refractivity contribution in [1.82, 2.24) is 9.97 Å². The van der Waals surface area contributed by atoms with E-state index in [1.54, 1.807) is 17.9 Å². The van der Waals surface area contributed by atoms with Gasteiger partial charge in [-0.25, -0.2) is 9.97 Å². The van der Waals surface area contributed by atoms with Gasteiger partial charge in [0.2, 0.25) is 5.95 Å². The van der Waals surface area contributed by atoms with Gasteiger partial charge in [-0.1, -0.05) is 6.92 Å². The number of aromatic nitrogens is 2. The topological polar surface area (TPSA) is 90.1 Å². The van der Waals surface area contributed by atoms with Crippen LogP contribution < -0.4 is 4.90 Å². The third-order valence-corrected chi connectivity index (χ3v) is 2.64. The van der Waals surface area contributed by atoms with Gasteiger partial charge in [0, 0.05) is 11.7 Å². The number of carbonyl (C=O) groups is 1. The molecule has 0 radical (unpaired) electrons. The zero-order valence-electron chi connectivity index (χ0n) is 10.7. The van der Waals surface area contributed by atoms with Gasteiger partial charge in [-0.3, -0.25) is 4.79 Å². The lowest BCUT2D eigenvalue weighted by Crippen LogP contribution is -2.38. The van der Waals surface area contributed by atoms with Crippen molar-refractivity contribution >= 4 is 11.9 Å². The van der Waals surface area contributed by atoms with Crippen molar-refractivity contribution in [1.29, 1.82) is 5.26 Å². The molecule has 6 heteroatoms. The minimum atomic E-state index is -0.945. The Hall–Kier alpha value is -2.16. The summed E-state index contributed by atoms with van der Waals surface area (Å²) in [5, 5.41) is 17.8. The first-order valence-electron chi connectivity index (χ1n) is 5.72. The largest absolute Gasteiger partial charge is 0.480 e. The molecule has 1 rings (SSSR count). The molecule has 1 atom stereocenters. The van der Waals surface area contributed by atoms with Crippen LogP contribution in [0.25, 0.3) is 0 Å². The van der Waals surface area contributed by atoms with E-state index in [1.807, 2.05) is 19.9 Å². The van der Waals surface area contributed by atoms with Gasteiger partial charge in [0.15, 0.2) is 0 Å².